The van der Waals surface area contributed by atoms with Crippen molar-refractivity contribution in [2.45, 2.75) is 12.8 Å². The topological polar surface area (TPSA) is 73.6 Å². The van der Waals surface area contributed by atoms with Crippen molar-refractivity contribution in [2.24, 2.45) is 0 Å². The monoisotopic (exact) mass is 376 g/mol. The van der Waals surface area contributed by atoms with E-state index in [-0.39, 0.29) is 5.91 Å². The second-order valence-electron chi connectivity index (χ2n) is 6.33. The summed E-state index contributed by atoms with van der Waals surface area (Å²) in [6, 6.07) is 24.5. The zero-order valence-corrected chi connectivity index (χ0v) is 15.6. The van der Waals surface area contributed by atoms with Crippen molar-refractivity contribution in [3.05, 3.63) is 84.4 Å². The Kier molecular flexibility index (Phi) is 6.90. The molecule has 0 saturated carbocycles. The number of nitrogens with two attached hydrogens (primary N) is 1. The lowest BCUT2D eigenvalue weighted by atomic mass is 10.1. The van der Waals surface area contributed by atoms with Crippen LogP contribution in [0.3, 0.4) is 0 Å². The van der Waals surface area contributed by atoms with Gasteiger partial charge >= 0.3 is 0 Å². The number of nitrogens with one attached hydrogen (secondary N) is 1. The third-order valence-corrected chi connectivity index (χ3v) is 4.07. The molecule has 0 aromatic heterocycles. The normalized spacial score (nSPS) is 10.3. The zero-order valence-electron chi connectivity index (χ0n) is 15.6. The first-order valence-electron chi connectivity index (χ1n) is 9.24. The van der Waals surface area contributed by atoms with E-state index in [2.05, 4.69) is 5.32 Å². The van der Waals surface area contributed by atoms with Gasteiger partial charge in [-0.05, 0) is 48.4 Å². The minimum Gasteiger partial charge on any atom is -0.490 e. The molecule has 1 amide bonds. The van der Waals surface area contributed by atoms with Gasteiger partial charge in [-0.3, -0.25) is 4.79 Å². The van der Waals surface area contributed by atoms with Crippen molar-refractivity contribution < 1.29 is 14.3 Å². The molecule has 3 N–H and O–H groups in total. The van der Waals surface area contributed by atoms with Gasteiger partial charge in [0.25, 0.3) is 0 Å². The van der Waals surface area contributed by atoms with Crippen LogP contribution in [0, 0.1) is 0 Å². The van der Waals surface area contributed by atoms with Crippen LogP contribution in [-0.4, -0.2) is 19.1 Å². The lowest BCUT2D eigenvalue weighted by Crippen LogP contribution is -2.13. The molecule has 3 aromatic rings. The molecule has 0 aliphatic rings. The van der Waals surface area contributed by atoms with Crippen LogP contribution in [0.4, 0.5) is 11.4 Å². The number of nitrogen functional groups attached to an aromatic ring is 1. The summed E-state index contributed by atoms with van der Waals surface area (Å²) >= 11 is 0. The van der Waals surface area contributed by atoms with E-state index in [1.165, 1.54) is 0 Å². The Balaban J connectivity index is 1.42. The first-order chi connectivity index (χ1) is 13.7. The number of carbonyl (C=O) groups is 1. The van der Waals surface area contributed by atoms with E-state index in [1.54, 1.807) is 6.07 Å². The molecule has 144 valence electrons. The maximum Gasteiger partial charge on any atom is 0.224 e. The van der Waals surface area contributed by atoms with E-state index in [1.807, 2.05) is 72.8 Å². The molecule has 5 heteroatoms. The quantitative estimate of drug-likeness (QED) is 0.431. The average molecular weight is 376 g/mol. The fourth-order valence-corrected chi connectivity index (χ4v) is 2.73. The van der Waals surface area contributed by atoms with Gasteiger partial charge in [0, 0.05) is 23.9 Å². The van der Waals surface area contributed by atoms with Gasteiger partial charge in [-0.1, -0.05) is 36.4 Å². The van der Waals surface area contributed by atoms with Crippen molar-refractivity contribution in [2.75, 3.05) is 24.3 Å². The minimum absolute atomic E-state index is 0.0491. The lowest BCUT2D eigenvalue weighted by Gasteiger charge is -2.10. The lowest BCUT2D eigenvalue weighted by molar-refractivity contribution is -0.116. The van der Waals surface area contributed by atoms with Gasteiger partial charge in [0.1, 0.15) is 24.7 Å². The molecule has 3 rings (SSSR count). The van der Waals surface area contributed by atoms with Gasteiger partial charge in [-0.15, -0.1) is 0 Å². The third-order valence-electron chi connectivity index (χ3n) is 4.07. The summed E-state index contributed by atoms with van der Waals surface area (Å²) in [6.07, 6.45) is 1.03. The number of rotatable bonds is 9. The second kappa shape index (κ2) is 10.0. The van der Waals surface area contributed by atoms with Gasteiger partial charge < -0.3 is 20.5 Å². The first-order valence-corrected chi connectivity index (χ1v) is 9.24. The molecule has 0 radical (unpaired) electrons. The van der Waals surface area contributed by atoms with Gasteiger partial charge in [0.15, 0.2) is 0 Å². The Labute approximate surface area is 165 Å². The standard InChI is InChI=1S/C23H24N2O3/c24-19-7-4-6-18(16-19)12-13-23(26)25-20-8-5-11-22(17-20)28-15-14-27-21-9-2-1-3-10-21/h1-11,16-17H,12-15,24H2,(H,25,26). The number of para-hydroxylation sites is 1. The molecule has 5 nitrogen and oxygen atoms in total. The zero-order chi connectivity index (χ0) is 19.6. The summed E-state index contributed by atoms with van der Waals surface area (Å²) in [5.74, 6) is 1.45. The van der Waals surface area contributed by atoms with E-state index in [9.17, 15) is 4.79 Å². The van der Waals surface area contributed by atoms with E-state index < -0.39 is 0 Å². The van der Waals surface area contributed by atoms with Crippen molar-refractivity contribution in [3.8, 4) is 11.5 Å². The molecule has 0 bridgehead atoms. The van der Waals surface area contributed by atoms with Crippen LogP contribution in [-0.2, 0) is 11.2 Å². The van der Waals surface area contributed by atoms with Crippen LogP contribution in [0.2, 0.25) is 0 Å². The summed E-state index contributed by atoms with van der Waals surface area (Å²) in [6.45, 7) is 0.864. The molecule has 0 unspecified atom stereocenters. The fourth-order valence-electron chi connectivity index (χ4n) is 2.73. The average Bonchev–Trinajstić information content (AvgIpc) is 2.71. The van der Waals surface area contributed by atoms with Gasteiger partial charge in [0.05, 0.1) is 0 Å². The summed E-state index contributed by atoms with van der Waals surface area (Å²) in [5, 5.41) is 2.90. The van der Waals surface area contributed by atoms with Crippen LogP contribution in [0.1, 0.15) is 12.0 Å². The van der Waals surface area contributed by atoms with E-state index >= 15 is 0 Å². The summed E-state index contributed by atoms with van der Waals surface area (Å²) in [4.78, 5) is 12.2. The van der Waals surface area contributed by atoms with Crippen LogP contribution in [0.5, 0.6) is 11.5 Å². The molecule has 0 atom stereocenters. The molecule has 0 aliphatic heterocycles. The maximum absolute atomic E-state index is 12.2. The van der Waals surface area contributed by atoms with Crippen LogP contribution in [0.25, 0.3) is 0 Å². The van der Waals surface area contributed by atoms with Gasteiger partial charge in [0.2, 0.25) is 5.91 Å². The Morgan fingerprint density at radius 2 is 1.54 bits per heavy atom. The highest BCUT2D eigenvalue weighted by molar-refractivity contribution is 5.91. The Bertz CT molecular complexity index is 897. The molecule has 0 heterocycles. The SMILES string of the molecule is Nc1cccc(CCC(=O)Nc2cccc(OCCOc3ccccc3)c2)c1. The number of benzene rings is 3. The number of hydrogen-bond acceptors (Lipinski definition) is 4. The predicted molar refractivity (Wildman–Crippen MR) is 112 cm³/mol. The van der Waals surface area contributed by atoms with E-state index in [0.717, 1.165) is 11.3 Å². The number of ether oxygens (including phenoxy) is 2. The molecule has 3 aromatic carbocycles. The minimum atomic E-state index is -0.0491. The van der Waals surface area contributed by atoms with Crippen molar-refractivity contribution >= 4 is 17.3 Å². The van der Waals surface area contributed by atoms with Crippen LogP contribution < -0.4 is 20.5 Å². The third kappa shape index (κ3) is 6.36. The van der Waals surface area contributed by atoms with E-state index in [4.69, 9.17) is 15.2 Å². The highest BCUT2D eigenvalue weighted by Gasteiger charge is 2.05. The Morgan fingerprint density at radius 3 is 2.32 bits per heavy atom. The number of carbonyl (C=O) groups excluding carboxylic acids is 1. The highest BCUT2D eigenvalue weighted by atomic mass is 16.5. The fraction of sp³-hybridized carbons (Fsp3) is 0.174. The summed E-state index contributed by atoms with van der Waals surface area (Å²) < 4.78 is 11.3. The Hall–Kier alpha value is -3.47. The smallest absolute Gasteiger partial charge is 0.224 e. The molecule has 0 aliphatic carbocycles. The number of anilines is 2. The summed E-state index contributed by atoms with van der Waals surface area (Å²) in [7, 11) is 0. The van der Waals surface area contributed by atoms with Crippen molar-refractivity contribution in [1.29, 1.82) is 0 Å². The molecule has 0 saturated heterocycles. The molecule has 0 spiro atoms. The van der Waals surface area contributed by atoms with Gasteiger partial charge in [-0.25, -0.2) is 0 Å². The molecule has 28 heavy (non-hydrogen) atoms. The molecular weight excluding hydrogens is 352 g/mol. The second-order valence-corrected chi connectivity index (χ2v) is 6.33. The maximum atomic E-state index is 12.2. The van der Waals surface area contributed by atoms with E-state index in [0.29, 0.717) is 43.2 Å². The molecular formula is C23H24N2O3. The first kappa shape index (κ1) is 19.3. The highest BCUT2D eigenvalue weighted by Crippen LogP contribution is 2.18. The summed E-state index contributed by atoms with van der Waals surface area (Å²) in [5.41, 5.74) is 8.23. The largest absolute Gasteiger partial charge is 0.490 e. The number of hydrogen-bond donors (Lipinski definition) is 2. The van der Waals surface area contributed by atoms with Crippen molar-refractivity contribution in [3.63, 3.8) is 0 Å². The van der Waals surface area contributed by atoms with Crippen LogP contribution in [0.15, 0.2) is 78.9 Å². The Morgan fingerprint density at radius 1 is 0.821 bits per heavy atom. The number of aryl methyl sites for hydroxylation is 1. The predicted octanol–water partition coefficient (Wildman–Crippen LogP) is 4.30. The van der Waals surface area contributed by atoms with Crippen LogP contribution >= 0.6 is 0 Å². The number of amides is 1. The van der Waals surface area contributed by atoms with Crippen molar-refractivity contribution in [1.82, 2.24) is 0 Å². The molecule has 0 fully saturated rings. The van der Waals surface area contributed by atoms with Gasteiger partial charge in [-0.2, -0.15) is 0 Å².